The van der Waals surface area contributed by atoms with Crippen molar-refractivity contribution in [2.45, 2.75) is 24.7 Å². The molecule has 8 heteroatoms. The summed E-state index contributed by atoms with van der Waals surface area (Å²) in [4.78, 5) is 24.0. The Labute approximate surface area is 111 Å². The summed E-state index contributed by atoms with van der Waals surface area (Å²) in [6, 6.07) is -1.51. The predicted octanol–water partition coefficient (Wildman–Crippen LogP) is -1.12. The van der Waals surface area contributed by atoms with Gasteiger partial charge in [0.2, 0.25) is 0 Å². The van der Waals surface area contributed by atoms with Crippen LogP contribution in [0.25, 0.3) is 0 Å². The fourth-order valence-corrected chi connectivity index (χ4v) is 1.97. The monoisotopic (exact) mass is 276 g/mol. The highest BCUT2D eigenvalue weighted by Gasteiger charge is 2.38. The van der Waals surface area contributed by atoms with Crippen molar-refractivity contribution in [2.24, 2.45) is 0 Å². The zero-order valence-electron chi connectivity index (χ0n) is 11.0. The molecule has 0 radical (unpaired) electrons. The van der Waals surface area contributed by atoms with E-state index in [0.29, 0.717) is 6.61 Å². The molecule has 0 bridgehead atoms. The molecule has 1 aliphatic rings. The molecule has 0 aromatic carbocycles. The van der Waals surface area contributed by atoms with Crippen LogP contribution in [-0.2, 0) is 14.3 Å². The maximum atomic E-state index is 11.9. The number of methoxy groups -OCH3 is 2. The minimum Gasteiger partial charge on any atom is -0.480 e. The van der Waals surface area contributed by atoms with Gasteiger partial charge in [0.15, 0.2) is 0 Å². The molecule has 0 spiro atoms. The van der Waals surface area contributed by atoms with Gasteiger partial charge in [-0.1, -0.05) is 0 Å². The molecule has 1 fully saturated rings. The van der Waals surface area contributed by atoms with Gasteiger partial charge in [-0.15, -0.1) is 0 Å². The molecule has 1 saturated heterocycles. The molecule has 110 valence electrons. The van der Waals surface area contributed by atoms with Crippen LogP contribution in [0.1, 0.15) is 6.42 Å². The van der Waals surface area contributed by atoms with Crippen molar-refractivity contribution in [1.82, 2.24) is 10.2 Å². The number of nitrogens with zero attached hydrogens (tertiary/aromatic N) is 1. The van der Waals surface area contributed by atoms with Gasteiger partial charge in [-0.25, -0.2) is 9.59 Å². The topological polar surface area (TPSA) is 108 Å². The highest BCUT2D eigenvalue weighted by molar-refractivity contribution is 5.83. The summed E-state index contributed by atoms with van der Waals surface area (Å²) in [5, 5.41) is 21.0. The Morgan fingerprint density at radius 3 is 2.68 bits per heavy atom. The number of hydrogen-bond acceptors (Lipinski definition) is 5. The number of carboxylic acid groups (broad SMARTS) is 1. The van der Waals surface area contributed by atoms with Crippen molar-refractivity contribution in [3.05, 3.63) is 0 Å². The third kappa shape index (κ3) is 4.34. The SMILES string of the molecule is COCC(CNC(=O)N1CC(O)CC1C(=O)O)OC. The van der Waals surface area contributed by atoms with Crippen LogP contribution in [0, 0.1) is 0 Å². The lowest BCUT2D eigenvalue weighted by Gasteiger charge is -2.23. The van der Waals surface area contributed by atoms with Crippen LogP contribution >= 0.6 is 0 Å². The molecule has 8 nitrogen and oxygen atoms in total. The first kappa shape index (κ1) is 15.7. The Bertz CT molecular complexity index is 324. The van der Waals surface area contributed by atoms with Gasteiger partial charge in [0, 0.05) is 33.7 Å². The number of aliphatic hydroxyl groups is 1. The molecule has 0 saturated carbocycles. The number of aliphatic hydroxyl groups excluding tert-OH is 1. The Morgan fingerprint density at radius 2 is 2.16 bits per heavy atom. The first-order valence-corrected chi connectivity index (χ1v) is 5.96. The lowest BCUT2D eigenvalue weighted by Crippen LogP contribution is -2.48. The van der Waals surface area contributed by atoms with Crippen LogP contribution in [0.3, 0.4) is 0 Å². The summed E-state index contributed by atoms with van der Waals surface area (Å²) in [6.45, 7) is 0.550. The predicted molar refractivity (Wildman–Crippen MR) is 64.8 cm³/mol. The molecular formula is C11H20N2O6. The normalized spacial score (nSPS) is 24.3. The van der Waals surface area contributed by atoms with E-state index < -0.39 is 24.1 Å². The summed E-state index contributed by atoms with van der Waals surface area (Å²) in [5.41, 5.74) is 0. The highest BCUT2D eigenvalue weighted by Crippen LogP contribution is 2.18. The standard InChI is InChI=1S/C11H20N2O6/c1-18-6-8(19-2)4-12-11(17)13-5-7(14)3-9(13)10(15)16/h7-9,14H,3-6H2,1-2H3,(H,12,17)(H,15,16). The summed E-state index contributed by atoms with van der Waals surface area (Å²) >= 11 is 0. The summed E-state index contributed by atoms with van der Waals surface area (Å²) in [7, 11) is 3.01. The quantitative estimate of drug-likeness (QED) is 0.567. The molecule has 3 atom stereocenters. The second-order valence-electron chi connectivity index (χ2n) is 4.40. The number of likely N-dealkylation sites (tertiary alicyclic amines) is 1. The molecule has 0 aliphatic carbocycles. The minimum absolute atomic E-state index is 0.0186. The molecule has 2 amide bonds. The smallest absolute Gasteiger partial charge is 0.326 e. The zero-order valence-corrected chi connectivity index (χ0v) is 11.0. The van der Waals surface area contributed by atoms with Gasteiger partial charge < -0.3 is 29.9 Å². The average molecular weight is 276 g/mol. The number of carboxylic acids is 1. The van der Waals surface area contributed by atoms with E-state index in [1.807, 2.05) is 0 Å². The minimum atomic E-state index is -1.12. The van der Waals surface area contributed by atoms with Crippen molar-refractivity contribution in [2.75, 3.05) is 33.9 Å². The van der Waals surface area contributed by atoms with Crippen LogP contribution in [0.5, 0.6) is 0 Å². The number of hydrogen-bond donors (Lipinski definition) is 3. The lowest BCUT2D eigenvalue weighted by molar-refractivity contribution is -0.141. The molecule has 3 unspecified atom stereocenters. The third-order valence-corrected chi connectivity index (χ3v) is 2.99. The van der Waals surface area contributed by atoms with Gasteiger partial charge in [0.1, 0.15) is 6.04 Å². The van der Waals surface area contributed by atoms with Crippen molar-refractivity contribution < 1.29 is 29.3 Å². The molecule has 1 heterocycles. The van der Waals surface area contributed by atoms with Crippen LogP contribution in [0.2, 0.25) is 0 Å². The van der Waals surface area contributed by atoms with E-state index in [9.17, 15) is 14.7 Å². The lowest BCUT2D eigenvalue weighted by atomic mass is 10.2. The summed E-state index contributed by atoms with van der Waals surface area (Å²) < 4.78 is 9.98. The van der Waals surface area contributed by atoms with Gasteiger partial charge in [-0.2, -0.15) is 0 Å². The number of aliphatic carboxylic acids is 1. The summed E-state index contributed by atoms with van der Waals surface area (Å²) in [6.07, 6.45) is -1.05. The molecule has 0 aromatic rings. The van der Waals surface area contributed by atoms with Crippen LogP contribution in [-0.4, -0.2) is 79.3 Å². The van der Waals surface area contributed by atoms with Crippen molar-refractivity contribution >= 4 is 12.0 Å². The molecule has 1 aliphatic heterocycles. The Hall–Kier alpha value is -1.38. The van der Waals surface area contributed by atoms with Crippen LogP contribution in [0.4, 0.5) is 4.79 Å². The number of carbonyl (C=O) groups is 2. The molecular weight excluding hydrogens is 256 g/mol. The largest absolute Gasteiger partial charge is 0.480 e. The third-order valence-electron chi connectivity index (χ3n) is 2.99. The van der Waals surface area contributed by atoms with Gasteiger partial charge >= 0.3 is 12.0 Å². The van der Waals surface area contributed by atoms with Gasteiger partial charge in [0.25, 0.3) is 0 Å². The molecule has 3 N–H and O–H groups in total. The van der Waals surface area contributed by atoms with E-state index in [1.165, 1.54) is 14.2 Å². The molecule has 0 aromatic heterocycles. The van der Waals surface area contributed by atoms with E-state index in [0.717, 1.165) is 4.90 Å². The van der Waals surface area contributed by atoms with E-state index in [2.05, 4.69) is 5.32 Å². The van der Waals surface area contributed by atoms with Gasteiger partial charge in [-0.3, -0.25) is 0 Å². The van der Waals surface area contributed by atoms with E-state index >= 15 is 0 Å². The second kappa shape index (κ2) is 7.27. The average Bonchev–Trinajstić information content (AvgIpc) is 2.76. The Balaban J connectivity index is 2.50. The van der Waals surface area contributed by atoms with E-state index in [1.54, 1.807) is 0 Å². The zero-order chi connectivity index (χ0) is 14.4. The van der Waals surface area contributed by atoms with Crippen LogP contribution < -0.4 is 5.32 Å². The maximum Gasteiger partial charge on any atom is 0.326 e. The van der Waals surface area contributed by atoms with Gasteiger partial charge in [0.05, 0.1) is 18.8 Å². The molecule has 19 heavy (non-hydrogen) atoms. The van der Waals surface area contributed by atoms with Crippen molar-refractivity contribution in [1.29, 1.82) is 0 Å². The first-order chi connectivity index (χ1) is 8.99. The van der Waals surface area contributed by atoms with Crippen LogP contribution in [0.15, 0.2) is 0 Å². The molecule has 1 rings (SSSR count). The first-order valence-electron chi connectivity index (χ1n) is 5.96. The number of carbonyl (C=O) groups excluding carboxylic acids is 1. The summed E-state index contributed by atoms with van der Waals surface area (Å²) in [5.74, 6) is -1.12. The fourth-order valence-electron chi connectivity index (χ4n) is 1.97. The fraction of sp³-hybridized carbons (Fsp3) is 0.818. The Kier molecular flexibility index (Phi) is 6.00. The number of nitrogens with one attached hydrogen (secondary N) is 1. The van der Waals surface area contributed by atoms with E-state index in [4.69, 9.17) is 14.6 Å². The second-order valence-corrected chi connectivity index (χ2v) is 4.40. The van der Waals surface area contributed by atoms with Crippen molar-refractivity contribution in [3.8, 4) is 0 Å². The number of β-amino-alcohol motifs (C(OH)–C–C–N with tert-alkyl or cyclic N) is 1. The maximum absolute atomic E-state index is 11.9. The van der Waals surface area contributed by atoms with E-state index in [-0.39, 0.29) is 25.6 Å². The number of amides is 2. The number of rotatable bonds is 6. The number of ether oxygens (including phenoxy) is 2. The van der Waals surface area contributed by atoms with Crippen molar-refractivity contribution in [3.63, 3.8) is 0 Å². The highest BCUT2D eigenvalue weighted by atomic mass is 16.5. The Morgan fingerprint density at radius 1 is 1.47 bits per heavy atom. The number of urea groups is 1. The van der Waals surface area contributed by atoms with Gasteiger partial charge in [-0.05, 0) is 0 Å².